The lowest BCUT2D eigenvalue weighted by atomic mass is 10.2. The number of hydrogen-bond donors (Lipinski definition) is 2. The van der Waals surface area contributed by atoms with Crippen LogP contribution in [0.3, 0.4) is 0 Å². The van der Waals surface area contributed by atoms with Gasteiger partial charge >= 0.3 is 0 Å². The summed E-state index contributed by atoms with van der Waals surface area (Å²) in [4.78, 5) is 23.0. The van der Waals surface area contributed by atoms with Crippen molar-refractivity contribution in [1.29, 1.82) is 0 Å². The molecule has 0 unspecified atom stereocenters. The number of amides is 1. The number of rotatable bonds is 2. The largest absolute Gasteiger partial charge is 0.345 e. The molecule has 0 atom stereocenters. The maximum atomic E-state index is 11.9. The molecule has 2 heterocycles. The number of aromatic amines is 1. The van der Waals surface area contributed by atoms with E-state index in [1.165, 1.54) is 0 Å². The summed E-state index contributed by atoms with van der Waals surface area (Å²) in [5, 5.41) is 2.79. The molecule has 18 heavy (non-hydrogen) atoms. The van der Waals surface area contributed by atoms with Gasteiger partial charge in [0.2, 0.25) is 0 Å². The maximum Gasteiger partial charge on any atom is 0.274 e. The average molecular weight is 238 g/mol. The van der Waals surface area contributed by atoms with Crippen molar-refractivity contribution in [2.24, 2.45) is 0 Å². The Hall–Kier alpha value is -2.69. The van der Waals surface area contributed by atoms with Gasteiger partial charge in [0.05, 0.1) is 17.4 Å². The fraction of sp³-hybridized carbons (Fsp3) is 0. The third-order valence-electron chi connectivity index (χ3n) is 2.58. The van der Waals surface area contributed by atoms with Gasteiger partial charge in [0.1, 0.15) is 5.69 Å². The molecule has 0 saturated heterocycles. The van der Waals surface area contributed by atoms with E-state index >= 15 is 0 Å². The molecule has 2 N–H and O–H groups in total. The number of hydrogen-bond acceptors (Lipinski definition) is 3. The molecule has 0 bridgehead atoms. The van der Waals surface area contributed by atoms with Crippen LogP contribution in [0.4, 0.5) is 5.69 Å². The van der Waals surface area contributed by atoms with E-state index in [1.807, 2.05) is 18.2 Å². The lowest BCUT2D eigenvalue weighted by molar-refractivity contribution is 0.102. The van der Waals surface area contributed by atoms with Crippen LogP contribution in [0, 0.1) is 0 Å². The van der Waals surface area contributed by atoms with Gasteiger partial charge in [-0.05, 0) is 30.3 Å². The molecule has 0 fully saturated rings. The molecule has 0 radical (unpaired) electrons. The van der Waals surface area contributed by atoms with Gasteiger partial charge in [-0.1, -0.05) is 6.07 Å². The Morgan fingerprint density at radius 2 is 2.11 bits per heavy atom. The van der Waals surface area contributed by atoms with E-state index < -0.39 is 0 Å². The number of carbonyl (C=O) groups is 1. The highest BCUT2D eigenvalue weighted by Crippen LogP contribution is 2.16. The molecule has 0 aliphatic carbocycles. The number of anilines is 1. The van der Waals surface area contributed by atoms with Crippen LogP contribution in [-0.4, -0.2) is 20.9 Å². The number of benzene rings is 1. The monoisotopic (exact) mass is 238 g/mol. The third kappa shape index (κ3) is 1.93. The van der Waals surface area contributed by atoms with Gasteiger partial charge in [0.15, 0.2) is 0 Å². The Bertz CT molecular complexity index is 690. The van der Waals surface area contributed by atoms with Crippen LogP contribution in [0.15, 0.2) is 48.9 Å². The first-order valence-corrected chi connectivity index (χ1v) is 5.48. The lowest BCUT2D eigenvalue weighted by Gasteiger charge is -2.04. The van der Waals surface area contributed by atoms with Crippen molar-refractivity contribution >= 4 is 22.6 Å². The summed E-state index contributed by atoms with van der Waals surface area (Å²) in [6.07, 6.45) is 3.21. The van der Waals surface area contributed by atoms with Crippen molar-refractivity contribution in [1.82, 2.24) is 15.0 Å². The Kier molecular flexibility index (Phi) is 2.49. The van der Waals surface area contributed by atoms with Gasteiger partial charge in [-0.3, -0.25) is 9.78 Å². The zero-order chi connectivity index (χ0) is 12.4. The molecular weight excluding hydrogens is 228 g/mol. The fourth-order valence-electron chi connectivity index (χ4n) is 1.71. The molecule has 0 aliphatic rings. The minimum atomic E-state index is -0.227. The Labute approximate surface area is 103 Å². The zero-order valence-corrected chi connectivity index (χ0v) is 9.42. The van der Waals surface area contributed by atoms with Crippen LogP contribution in [0.5, 0.6) is 0 Å². The van der Waals surface area contributed by atoms with Gasteiger partial charge in [0.25, 0.3) is 5.91 Å². The number of carbonyl (C=O) groups excluding carboxylic acids is 1. The average Bonchev–Trinajstić information content (AvgIpc) is 2.87. The second-order valence-corrected chi connectivity index (χ2v) is 3.80. The van der Waals surface area contributed by atoms with E-state index in [0.717, 1.165) is 11.0 Å². The van der Waals surface area contributed by atoms with E-state index in [0.29, 0.717) is 11.4 Å². The van der Waals surface area contributed by atoms with Crippen molar-refractivity contribution in [3.8, 4) is 0 Å². The molecule has 0 aliphatic heterocycles. The highest BCUT2D eigenvalue weighted by molar-refractivity contribution is 6.03. The standard InChI is InChI=1S/C13H10N4O/c18-13(11-3-1-2-6-14-11)17-9-4-5-10-12(7-9)16-8-15-10/h1-8H,(H,15,16)(H,17,18). The van der Waals surface area contributed by atoms with Crippen molar-refractivity contribution < 1.29 is 4.79 Å². The van der Waals surface area contributed by atoms with E-state index in [1.54, 1.807) is 30.7 Å². The van der Waals surface area contributed by atoms with Crippen molar-refractivity contribution in [2.45, 2.75) is 0 Å². The third-order valence-corrected chi connectivity index (χ3v) is 2.58. The summed E-state index contributed by atoms with van der Waals surface area (Å²) >= 11 is 0. The predicted molar refractivity (Wildman–Crippen MR) is 68.3 cm³/mol. The van der Waals surface area contributed by atoms with E-state index in [-0.39, 0.29) is 5.91 Å². The Balaban J connectivity index is 1.86. The molecule has 3 aromatic rings. The van der Waals surface area contributed by atoms with Crippen molar-refractivity contribution in [2.75, 3.05) is 5.32 Å². The van der Waals surface area contributed by atoms with Crippen LogP contribution in [0.2, 0.25) is 0 Å². The van der Waals surface area contributed by atoms with Gasteiger partial charge in [-0.2, -0.15) is 0 Å². The summed E-state index contributed by atoms with van der Waals surface area (Å²) < 4.78 is 0. The molecule has 5 nitrogen and oxygen atoms in total. The minimum Gasteiger partial charge on any atom is -0.345 e. The van der Waals surface area contributed by atoms with Gasteiger partial charge in [0, 0.05) is 11.9 Å². The van der Waals surface area contributed by atoms with Crippen LogP contribution in [0.1, 0.15) is 10.5 Å². The van der Waals surface area contributed by atoms with Crippen molar-refractivity contribution in [3.63, 3.8) is 0 Å². The second kappa shape index (κ2) is 4.29. The van der Waals surface area contributed by atoms with Crippen LogP contribution >= 0.6 is 0 Å². The molecule has 0 spiro atoms. The highest BCUT2D eigenvalue weighted by Gasteiger charge is 2.07. The second-order valence-electron chi connectivity index (χ2n) is 3.80. The highest BCUT2D eigenvalue weighted by atomic mass is 16.1. The zero-order valence-electron chi connectivity index (χ0n) is 9.42. The normalized spacial score (nSPS) is 10.4. The lowest BCUT2D eigenvalue weighted by Crippen LogP contribution is -2.13. The minimum absolute atomic E-state index is 0.227. The molecule has 88 valence electrons. The summed E-state index contributed by atoms with van der Waals surface area (Å²) in [5.74, 6) is -0.227. The quantitative estimate of drug-likeness (QED) is 0.719. The van der Waals surface area contributed by atoms with Gasteiger partial charge in [-0.15, -0.1) is 0 Å². The summed E-state index contributed by atoms with van der Waals surface area (Å²) in [6, 6.07) is 10.7. The molecule has 5 heteroatoms. The number of imidazole rings is 1. The topological polar surface area (TPSA) is 70.7 Å². The van der Waals surface area contributed by atoms with Gasteiger partial charge in [-0.25, -0.2) is 4.98 Å². The maximum absolute atomic E-state index is 11.9. The summed E-state index contributed by atoms with van der Waals surface area (Å²) in [5.41, 5.74) is 2.85. The SMILES string of the molecule is O=C(Nc1ccc2nc[nH]c2c1)c1ccccn1. The van der Waals surface area contributed by atoms with Crippen LogP contribution < -0.4 is 5.32 Å². The van der Waals surface area contributed by atoms with Crippen molar-refractivity contribution in [3.05, 3.63) is 54.6 Å². The number of pyridine rings is 1. The fourth-order valence-corrected chi connectivity index (χ4v) is 1.71. The number of nitrogens with zero attached hydrogens (tertiary/aromatic N) is 2. The van der Waals surface area contributed by atoms with E-state index in [4.69, 9.17) is 0 Å². The van der Waals surface area contributed by atoms with Crippen LogP contribution in [-0.2, 0) is 0 Å². The number of H-pyrrole nitrogens is 1. The molecule has 2 aromatic heterocycles. The Morgan fingerprint density at radius 3 is 2.94 bits per heavy atom. The van der Waals surface area contributed by atoms with E-state index in [9.17, 15) is 4.79 Å². The summed E-state index contributed by atoms with van der Waals surface area (Å²) in [7, 11) is 0. The summed E-state index contributed by atoms with van der Waals surface area (Å²) in [6.45, 7) is 0. The predicted octanol–water partition coefficient (Wildman–Crippen LogP) is 2.21. The first-order valence-electron chi connectivity index (χ1n) is 5.48. The van der Waals surface area contributed by atoms with Crippen LogP contribution in [0.25, 0.3) is 11.0 Å². The Morgan fingerprint density at radius 1 is 1.17 bits per heavy atom. The van der Waals surface area contributed by atoms with E-state index in [2.05, 4.69) is 20.3 Å². The van der Waals surface area contributed by atoms with Gasteiger partial charge < -0.3 is 10.3 Å². The molecule has 1 amide bonds. The molecule has 0 saturated carbocycles. The molecule has 3 rings (SSSR count). The number of fused-ring (bicyclic) bond motifs is 1. The number of nitrogens with one attached hydrogen (secondary N) is 2. The molecular formula is C13H10N4O. The first kappa shape index (κ1) is 10.5. The number of aromatic nitrogens is 3. The molecule has 1 aromatic carbocycles. The smallest absolute Gasteiger partial charge is 0.274 e. The first-order chi connectivity index (χ1) is 8.83.